The Kier molecular flexibility index (Phi) is 6.79. The molecule has 1 aliphatic carbocycles. The third-order valence-electron chi connectivity index (χ3n) is 6.55. The predicted molar refractivity (Wildman–Crippen MR) is 141 cm³/mol. The van der Waals surface area contributed by atoms with Crippen molar-refractivity contribution in [3.63, 3.8) is 0 Å². The number of para-hydroxylation sites is 1. The van der Waals surface area contributed by atoms with Crippen LogP contribution in [-0.2, 0) is 24.2 Å². The Balaban J connectivity index is 1.32. The molecule has 2 aliphatic rings. The van der Waals surface area contributed by atoms with E-state index < -0.39 is 0 Å². The van der Waals surface area contributed by atoms with Crippen LogP contribution in [0, 0.1) is 0 Å². The number of thioether (sulfide) groups is 1. The number of benzene rings is 1. The van der Waals surface area contributed by atoms with Gasteiger partial charge in [-0.2, -0.15) is 0 Å². The first kappa shape index (κ1) is 23.2. The molecule has 0 atom stereocenters. The quantitative estimate of drug-likeness (QED) is 0.290. The molecule has 0 saturated carbocycles. The molecule has 1 aromatic carbocycles. The summed E-state index contributed by atoms with van der Waals surface area (Å²) in [5.41, 5.74) is 3.31. The van der Waals surface area contributed by atoms with Crippen molar-refractivity contribution in [2.75, 3.05) is 36.8 Å². The van der Waals surface area contributed by atoms with Gasteiger partial charge in [0, 0.05) is 43.3 Å². The molecule has 178 valence electrons. The van der Waals surface area contributed by atoms with Gasteiger partial charge in [0.05, 0.1) is 11.1 Å². The second-order valence-corrected chi connectivity index (χ2v) is 11.2. The third kappa shape index (κ3) is 4.66. The molecule has 34 heavy (non-hydrogen) atoms. The Bertz CT molecular complexity index is 1270. The van der Waals surface area contributed by atoms with E-state index in [0.29, 0.717) is 24.8 Å². The highest BCUT2D eigenvalue weighted by Crippen LogP contribution is 2.34. The van der Waals surface area contributed by atoms with Gasteiger partial charge in [0.2, 0.25) is 5.91 Å². The summed E-state index contributed by atoms with van der Waals surface area (Å²) in [5.74, 6) is 0.379. The Morgan fingerprint density at radius 3 is 2.59 bits per heavy atom. The molecule has 3 aromatic rings. The van der Waals surface area contributed by atoms with Gasteiger partial charge in [-0.1, -0.05) is 42.1 Å². The average molecular weight is 495 g/mol. The summed E-state index contributed by atoms with van der Waals surface area (Å²) >= 11 is 3.03. The summed E-state index contributed by atoms with van der Waals surface area (Å²) in [7, 11) is 0. The summed E-state index contributed by atoms with van der Waals surface area (Å²) in [6.45, 7) is 9.43. The standard InChI is InChI=1S/C26H30N4O2S2/c1-18(2)16-30-25(32)23-20-10-6-7-11-21(20)34-24(23)27-26(30)33-17-22(31)29-14-12-28(13-15-29)19-8-4-3-5-9-19/h3-5,8-9H,1,6-7,10-17H2,2H3. The molecule has 0 unspecified atom stereocenters. The number of thiophene rings is 1. The highest BCUT2D eigenvalue weighted by atomic mass is 32.2. The van der Waals surface area contributed by atoms with Crippen LogP contribution in [0.15, 0.2) is 52.4 Å². The normalized spacial score (nSPS) is 16.0. The van der Waals surface area contributed by atoms with Gasteiger partial charge in [-0.15, -0.1) is 11.3 Å². The van der Waals surface area contributed by atoms with Crippen LogP contribution in [0.2, 0.25) is 0 Å². The molecule has 3 heterocycles. The van der Waals surface area contributed by atoms with Crippen molar-refractivity contribution in [2.45, 2.75) is 44.3 Å². The fourth-order valence-corrected chi connectivity index (χ4v) is 7.01. The Morgan fingerprint density at radius 1 is 1.12 bits per heavy atom. The van der Waals surface area contributed by atoms with Gasteiger partial charge in [0.15, 0.2) is 5.16 Å². The molecule has 6 nitrogen and oxygen atoms in total. The van der Waals surface area contributed by atoms with E-state index in [1.165, 1.54) is 34.3 Å². The lowest BCUT2D eigenvalue weighted by Crippen LogP contribution is -2.49. The van der Waals surface area contributed by atoms with Gasteiger partial charge in [0.25, 0.3) is 5.56 Å². The van der Waals surface area contributed by atoms with Crippen molar-refractivity contribution < 1.29 is 4.79 Å². The number of piperazine rings is 1. The lowest BCUT2D eigenvalue weighted by molar-refractivity contribution is -0.128. The van der Waals surface area contributed by atoms with Gasteiger partial charge in [-0.05, 0) is 50.3 Å². The van der Waals surface area contributed by atoms with Crippen LogP contribution in [-0.4, -0.2) is 52.3 Å². The molecule has 0 N–H and O–H groups in total. The lowest BCUT2D eigenvalue weighted by atomic mass is 9.97. The number of allylic oxidation sites excluding steroid dienone is 1. The fourth-order valence-electron chi connectivity index (χ4n) is 4.81. The van der Waals surface area contributed by atoms with Gasteiger partial charge in [0.1, 0.15) is 4.83 Å². The van der Waals surface area contributed by atoms with Crippen molar-refractivity contribution in [2.24, 2.45) is 0 Å². The fraction of sp³-hybridized carbons (Fsp3) is 0.423. The topological polar surface area (TPSA) is 58.4 Å². The maximum Gasteiger partial charge on any atom is 0.263 e. The van der Waals surface area contributed by atoms with Gasteiger partial charge < -0.3 is 9.80 Å². The zero-order chi connectivity index (χ0) is 23.7. The van der Waals surface area contributed by atoms with Crippen molar-refractivity contribution in [1.29, 1.82) is 0 Å². The number of fused-ring (bicyclic) bond motifs is 3. The highest BCUT2D eigenvalue weighted by molar-refractivity contribution is 7.99. The Morgan fingerprint density at radius 2 is 1.85 bits per heavy atom. The SMILES string of the molecule is C=C(C)Cn1c(SCC(=O)N2CCN(c3ccccc3)CC2)nc2sc3c(c2c1=O)CCCC3. The first-order valence-electron chi connectivity index (χ1n) is 11.9. The summed E-state index contributed by atoms with van der Waals surface area (Å²) in [4.78, 5) is 37.8. The molecule has 1 fully saturated rings. The number of nitrogens with zero attached hydrogens (tertiary/aromatic N) is 4. The van der Waals surface area contributed by atoms with Crippen LogP contribution in [0.4, 0.5) is 5.69 Å². The van der Waals surface area contributed by atoms with Crippen molar-refractivity contribution in [3.05, 3.63) is 63.3 Å². The van der Waals surface area contributed by atoms with E-state index >= 15 is 0 Å². The summed E-state index contributed by atoms with van der Waals surface area (Å²) < 4.78 is 1.72. The zero-order valence-corrected chi connectivity index (χ0v) is 21.2. The highest BCUT2D eigenvalue weighted by Gasteiger charge is 2.24. The number of rotatable bonds is 6. The Hall–Kier alpha value is -2.58. The van der Waals surface area contributed by atoms with Crippen LogP contribution >= 0.6 is 23.1 Å². The molecule has 0 radical (unpaired) electrons. The second-order valence-electron chi connectivity index (χ2n) is 9.13. The first-order chi connectivity index (χ1) is 16.5. The number of anilines is 1. The predicted octanol–water partition coefficient (Wildman–Crippen LogP) is 4.35. The van der Waals surface area contributed by atoms with E-state index in [9.17, 15) is 9.59 Å². The number of carbonyl (C=O) groups excluding carboxylic acids is 1. The number of aromatic nitrogens is 2. The number of hydrogen-bond donors (Lipinski definition) is 0. The summed E-state index contributed by atoms with van der Waals surface area (Å²) in [5, 5.41) is 1.41. The van der Waals surface area contributed by atoms with E-state index in [1.807, 2.05) is 30.0 Å². The lowest BCUT2D eigenvalue weighted by Gasteiger charge is -2.36. The molecular weight excluding hydrogens is 464 g/mol. The molecule has 5 rings (SSSR count). The summed E-state index contributed by atoms with van der Waals surface area (Å²) in [6.07, 6.45) is 4.29. The summed E-state index contributed by atoms with van der Waals surface area (Å²) in [6, 6.07) is 10.3. The monoisotopic (exact) mass is 494 g/mol. The van der Waals surface area contributed by atoms with Crippen molar-refractivity contribution in [1.82, 2.24) is 14.5 Å². The smallest absolute Gasteiger partial charge is 0.263 e. The average Bonchev–Trinajstić information content (AvgIpc) is 3.23. The molecule has 1 aliphatic heterocycles. The van der Waals surface area contributed by atoms with Crippen LogP contribution in [0.1, 0.15) is 30.2 Å². The van der Waals surface area contributed by atoms with E-state index in [4.69, 9.17) is 4.98 Å². The van der Waals surface area contributed by atoms with Gasteiger partial charge in [-0.3, -0.25) is 14.2 Å². The van der Waals surface area contributed by atoms with Crippen LogP contribution in [0.3, 0.4) is 0 Å². The Labute approximate surface area is 208 Å². The molecule has 1 saturated heterocycles. The van der Waals surface area contributed by atoms with Crippen molar-refractivity contribution in [3.8, 4) is 0 Å². The number of aryl methyl sites for hydroxylation is 2. The van der Waals surface area contributed by atoms with Gasteiger partial charge >= 0.3 is 0 Å². The molecule has 0 bridgehead atoms. The molecular formula is C26H30N4O2S2. The van der Waals surface area contributed by atoms with Crippen LogP contribution in [0.5, 0.6) is 0 Å². The molecule has 2 aromatic heterocycles. The minimum Gasteiger partial charge on any atom is -0.368 e. The third-order valence-corrected chi connectivity index (χ3v) is 8.69. The van der Waals surface area contributed by atoms with E-state index in [0.717, 1.165) is 48.1 Å². The van der Waals surface area contributed by atoms with Crippen molar-refractivity contribution >= 4 is 44.9 Å². The molecule has 0 spiro atoms. The first-order valence-corrected chi connectivity index (χ1v) is 13.7. The van der Waals surface area contributed by atoms with Gasteiger partial charge in [-0.25, -0.2) is 4.98 Å². The molecule has 1 amide bonds. The minimum absolute atomic E-state index is 0.0128. The van der Waals surface area contributed by atoms with E-state index in [2.05, 4.69) is 23.6 Å². The maximum absolute atomic E-state index is 13.5. The largest absolute Gasteiger partial charge is 0.368 e. The maximum atomic E-state index is 13.5. The number of amides is 1. The van der Waals surface area contributed by atoms with Crippen LogP contribution in [0.25, 0.3) is 10.2 Å². The number of hydrogen-bond acceptors (Lipinski definition) is 6. The van der Waals surface area contributed by atoms with E-state index in [1.54, 1.807) is 15.9 Å². The minimum atomic E-state index is 0.0128. The zero-order valence-electron chi connectivity index (χ0n) is 19.6. The van der Waals surface area contributed by atoms with E-state index in [-0.39, 0.29) is 17.2 Å². The molecule has 8 heteroatoms. The van der Waals surface area contributed by atoms with Crippen LogP contribution < -0.4 is 10.5 Å². The number of carbonyl (C=O) groups is 1. The second kappa shape index (κ2) is 9.96.